The molecule has 0 unspecified atom stereocenters. The van der Waals surface area contributed by atoms with Crippen LogP contribution in [-0.4, -0.2) is 23.9 Å². The molecule has 0 spiro atoms. The van der Waals surface area contributed by atoms with Gasteiger partial charge in [0.15, 0.2) is 0 Å². The van der Waals surface area contributed by atoms with Gasteiger partial charge in [-0.25, -0.2) is 19.2 Å². The van der Waals surface area contributed by atoms with Gasteiger partial charge in [0, 0.05) is 23.7 Å². The first-order valence-corrected chi connectivity index (χ1v) is 18.5. The zero-order valence-corrected chi connectivity index (χ0v) is 31.6. The molecule has 0 heterocycles. The molecule has 0 amide bonds. The van der Waals surface area contributed by atoms with Gasteiger partial charge in [0.2, 0.25) is 0 Å². The summed E-state index contributed by atoms with van der Waals surface area (Å²) in [6.45, 7) is 8.41. The van der Waals surface area contributed by atoms with Gasteiger partial charge in [0.25, 0.3) is 0 Å². The fourth-order valence-electron chi connectivity index (χ4n) is 4.93. The minimum atomic E-state index is -0.808. The maximum Gasteiger partial charge on any atom is 0.390 e. The first-order valence-electron chi connectivity index (χ1n) is 18.5. The molecule has 8 nitrogen and oxygen atoms in total. The van der Waals surface area contributed by atoms with Crippen molar-refractivity contribution < 1.29 is 38.1 Å². The summed E-state index contributed by atoms with van der Waals surface area (Å²) in [7, 11) is 0. The largest absolute Gasteiger partial charge is 0.417 e. The highest BCUT2D eigenvalue weighted by Gasteiger charge is 2.06. The second kappa shape index (κ2) is 24.2. The quantitative estimate of drug-likeness (QED) is 0.0417. The van der Waals surface area contributed by atoms with E-state index in [1.54, 1.807) is 48.5 Å². The number of carbonyl (C=O) groups is 4. The predicted octanol–water partition coefficient (Wildman–Crippen LogP) is 8.99. The smallest absolute Gasteiger partial charge is 0.390 e. The molecule has 0 aromatic heterocycles. The van der Waals surface area contributed by atoms with E-state index in [2.05, 4.69) is 37.5 Å². The van der Waals surface area contributed by atoms with Gasteiger partial charge in [-0.1, -0.05) is 102 Å². The lowest BCUT2D eigenvalue weighted by molar-refractivity contribution is -0.130. The maximum absolute atomic E-state index is 11.8. The number of hydrogen-bond donors (Lipinski definition) is 0. The van der Waals surface area contributed by atoms with Gasteiger partial charge in [-0.2, -0.15) is 0 Å². The number of hydrogen-bond acceptors (Lipinski definition) is 8. The van der Waals surface area contributed by atoms with Crippen molar-refractivity contribution in [1.82, 2.24) is 0 Å². The van der Waals surface area contributed by atoms with Crippen LogP contribution in [0.5, 0.6) is 23.0 Å². The minimum Gasteiger partial charge on any atom is -0.417 e. The lowest BCUT2D eigenvalue weighted by atomic mass is 10.1. The van der Waals surface area contributed by atoms with Gasteiger partial charge in [0.1, 0.15) is 23.0 Å². The molecule has 0 N–H and O–H groups in total. The summed E-state index contributed by atoms with van der Waals surface area (Å²) in [5.74, 6) is 6.94. The maximum atomic E-state index is 11.8. The van der Waals surface area contributed by atoms with E-state index in [9.17, 15) is 19.2 Å². The molecule has 0 aliphatic carbocycles. The van der Waals surface area contributed by atoms with Crippen LogP contribution >= 0.6 is 0 Å². The number of unbranched alkanes of at least 4 members (excludes halogenated alkanes) is 4. The van der Waals surface area contributed by atoms with Gasteiger partial charge >= 0.3 is 23.9 Å². The van der Waals surface area contributed by atoms with E-state index < -0.39 is 23.9 Å². The van der Waals surface area contributed by atoms with Crippen molar-refractivity contribution in [3.63, 3.8) is 0 Å². The summed E-state index contributed by atoms with van der Waals surface area (Å²) >= 11 is 0. The molecule has 8 heteroatoms. The van der Waals surface area contributed by atoms with Crippen LogP contribution in [0.1, 0.15) is 88.5 Å². The van der Waals surface area contributed by atoms with Crippen LogP contribution in [0.2, 0.25) is 0 Å². The molecule has 0 aliphatic rings. The first kappa shape index (κ1) is 42.3. The van der Waals surface area contributed by atoms with Crippen LogP contribution < -0.4 is 18.9 Å². The molecule has 4 aromatic rings. The van der Waals surface area contributed by atoms with Crippen molar-refractivity contribution in [2.75, 3.05) is 0 Å². The third-order valence-corrected chi connectivity index (χ3v) is 8.02. The third-order valence-electron chi connectivity index (χ3n) is 8.02. The van der Waals surface area contributed by atoms with Crippen molar-refractivity contribution in [3.05, 3.63) is 119 Å². The topological polar surface area (TPSA) is 105 Å². The molecule has 4 rings (SSSR count). The number of rotatable bonds is 14. The van der Waals surface area contributed by atoms with Crippen molar-refractivity contribution in [3.8, 4) is 46.7 Å². The Kier molecular flexibility index (Phi) is 18.9. The highest BCUT2D eigenvalue weighted by atomic mass is 16.5. The molecule has 0 atom stereocenters. The number of benzene rings is 4. The average molecular weight is 729 g/mol. The third kappa shape index (κ3) is 16.9. The molecule has 0 aliphatic heterocycles. The van der Waals surface area contributed by atoms with Crippen molar-refractivity contribution >= 4 is 23.9 Å². The second-order valence-corrected chi connectivity index (χ2v) is 12.3. The standard InChI is InChI=1S/C26H30O4.C20H18O4/c1-3-5-7-9-21-11-15-23(16-12-21)29-25(27)19-20-26(28)30-24-17-13-22(14-18-24)10-8-6-4-2;1-3-15-5-9-17(10-6-15)23-19(21)13-14-20(22)24-18-11-7-16(4-2)8-12-18/h11-18H,3-10H2,1-2H3;5-12H,3-4H2,1-2H3. The lowest BCUT2D eigenvalue weighted by Gasteiger charge is -2.04. The van der Waals surface area contributed by atoms with E-state index in [-0.39, 0.29) is 0 Å². The fourth-order valence-corrected chi connectivity index (χ4v) is 4.93. The SMILES string of the molecule is CCCCCc1ccc(OC(=O)C#CC(=O)Oc2ccc(CCCCC)cc2)cc1.CCc1ccc(OC(=O)C#CC(=O)Oc2ccc(CC)cc2)cc1. The molecule has 4 aromatic carbocycles. The Hall–Kier alpha value is -6.12. The second-order valence-electron chi connectivity index (χ2n) is 12.3. The number of ether oxygens (including phenoxy) is 4. The Balaban J connectivity index is 0.000000297. The van der Waals surface area contributed by atoms with E-state index in [1.165, 1.54) is 36.8 Å². The average Bonchev–Trinajstić information content (AvgIpc) is 3.19. The molecule has 0 radical (unpaired) electrons. The molecule has 0 fully saturated rings. The molecule has 0 bridgehead atoms. The number of aryl methyl sites for hydroxylation is 4. The fraction of sp³-hybridized carbons (Fsp3) is 0.304. The summed E-state index contributed by atoms with van der Waals surface area (Å²) in [6, 6.07) is 28.9. The predicted molar refractivity (Wildman–Crippen MR) is 209 cm³/mol. The van der Waals surface area contributed by atoms with E-state index in [0.29, 0.717) is 23.0 Å². The summed E-state index contributed by atoms with van der Waals surface area (Å²) < 4.78 is 20.3. The molecule has 280 valence electrons. The van der Waals surface area contributed by atoms with Gasteiger partial charge in [0.05, 0.1) is 0 Å². The number of esters is 4. The zero-order chi connectivity index (χ0) is 39.0. The van der Waals surface area contributed by atoms with Gasteiger partial charge in [-0.05, 0) is 109 Å². The Labute approximate surface area is 319 Å². The van der Waals surface area contributed by atoms with Crippen LogP contribution in [0, 0.1) is 23.7 Å². The van der Waals surface area contributed by atoms with Gasteiger partial charge in [-0.3, -0.25) is 0 Å². The van der Waals surface area contributed by atoms with Crippen LogP contribution in [0.15, 0.2) is 97.1 Å². The van der Waals surface area contributed by atoms with E-state index in [4.69, 9.17) is 18.9 Å². The molecular weight excluding hydrogens is 680 g/mol. The van der Waals surface area contributed by atoms with Crippen molar-refractivity contribution in [1.29, 1.82) is 0 Å². The molecular formula is C46H48O8. The Bertz CT molecular complexity index is 1770. The summed E-state index contributed by atoms with van der Waals surface area (Å²) in [5.41, 5.74) is 4.68. The van der Waals surface area contributed by atoms with Crippen molar-refractivity contribution in [2.45, 2.75) is 91.9 Å². The minimum absolute atomic E-state index is 0.384. The van der Waals surface area contributed by atoms with E-state index in [1.807, 2.05) is 62.4 Å². The lowest BCUT2D eigenvalue weighted by Crippen LogP contribution is -2.08. The molecule has 0 saturated heterocycles. The zero-order valence-electron chi connectivity index (χ0n) is 31.6. The first-order chi connectivity index (χ1) is 26.2. The van der Waals surface area contributed by atoms with E-state index in [0.717, 1.165) is 49.7 Å². The Morgan fingerprint density at radius 1 is 0.370 bits per heavy atom. The summed E-state index contributed by atoms with van der Waals surface area (Å²) in [4.78, 5) is 46.9. The summed E-state index contributed by atoms with van der Waals surface area (Å²) in [6.07, 6.45) is 10.9. The Morgan fingerprint density at radius 3 is 0.833 bits per heavy atom. The highest BCUT2D eigenvalue weighted by molar-refractivity contribution is 6.00. The van der Waals surface area contributed by atoms with Crippen LogP contribution in [0.25, 0.3) is 0 Å². The van der Waals surface area contributed by atoms with Crippen LogP contribution in [0.3, 0.4) is 0 Å². The molecule has 54 heavy (non-hydrogen) atoms. The van der Waals surface area contributed by atoms with E-state index >= 15 is 0 Å². The summed E-state index contributed by atoms with van der Waals surface area (Å²) in [5, 5.41) is 0. The van der Waals surface area contributed by atoms with Crippen molar-refractivity contribution in [2.24, 2.45) is 0 Å². The van der Waals surface area contributed by atoms with Crippen LogP contribution in [0.4, 0.5) is 0 Å². The number of carbonyl (C=O) groups excluding carboxylic acids is 4. The van der Waals surface area contributed by atoms with Gasteiger partial charge in [-0.15, -0.1) is 0 Å². The monoisotopic (exact) mass is 728 g/mol. The highest BCUT2D eigenvalue weighted by Crippen LogP contribution is 2.17. The Morgan fingerprint density at radius 2 is 0.611 bits per heavy atom. The normalized spacial score (nSPS) is 9.85. The van der Waals surface area contributed by atoms with Gasteiger partial charge < -0.3 is 18.9 Å². The van der Waals surface area contributed by atoms with Crippen LogP contribution in [-0.2, 0) is 44.9 Å². The molecule has 0 saturated carbocycles.